The molecular formula is C19H22ClN3O. The summed E-state index contributed by atoms with van der Waals surface area (Å²) in [6.07, 6.45) is 3.93. The highest BCUT2D eigenvalue weighted by atomic mass is 35.5. The number of hydrogen-bond donors (Lipinski definition) is 1. The van der Waals surface area contributed by atoms with Gasteiger partial charge in [0.2, 0.25) is 5.91 Å². The second-order valence-electron chi connectivity index (χ2n) is 6.27. The number of halogens is 1. The van der Waals surface area contributed by atoms with Gasteiger partial charge >= 0.3 is 0 Å². The number of anilines is 1. The fourth-order valence-electron chi connectivity index (χ4n) is 3.14. The van der Waals surface area contributed by atoms with Crippen molar-refractivity contribution in [3.05, 3.63) is 58.9 Å². The van der Waals surface area contributed by atoms with E-state index in [4.69, 9.17) is 11.6 Å². The van der Waals surface area contributed by atoms with Crippen molar-refractivity contribution in [3.63, 3.8) is 0 Å². The van der Waals surface area contributed by atoms with E-state index in [9.17, 15) is 4.79 Å². The van der Waals surface area contributed by atoms with Crippen LogP contribution < -0.4 is 5.32 Å². The van der Waals surface area contributed by atoms with Crippen LogP contribution >= 0.6 is 11.6 Å². The van der Waals surface area contributed by atoms with E-state index in [2.05, 4.69) is 21.3 Å². The van der Waals surface area contributed by atoms with Crippen LogP contribution in [0.2, 0.25) is 5.02 Å². The Kier molecular flexibility index (Phi) is 5.48. The van der Waals surface area contributed by atoms with Crippen LogP contribution in [0.3, 0.4) is 0 Å². The Balaban J connectivity index is 1.51. The number of likely N-dealkylation sites (tertiary alicyclic amines) is 1. The van der Waals surface area contributed by atoms with Crippen LogP contribution in [0, 0.1) is 6.92 Å². The molecule has 1 fully saturated rings. The molecule has 0 spiro atoms. The van der Waals surface area contributed by atoms with Crippen LogP contribution in [0.1, 0.15) is 30.0 Å². The van der Waals surface area contributed by atoms with Crippen LogP contribution in [0.5, 0.6) is 0 Å². The minimum absolute atomic E-state index is 0.0108. The van der Waals surface area contributed by atoms with E-state index in [0.29, 0.717) is 17.5 Å². The van der Waals surface area contributed by atoms with E-state index >= 15 is 0 Å². The van der Waals surface area contributed by atoms with Gasteiger partial charge in [-0.15, -0.1) is 0 Å². The van der Waals surface area contributed by atoms with E-state index in [1.54, 1.807) is 0 Å². The molecule has 2 aromatic rings. The summed E-state index contributed by atoms with van der Waals surface area (Å²) in [6, 6.07) is 11.6. The molecule has 126 valence electrons. The van der Waals surface area contributed by atoms with E-state index in [0.717, 1.165) is 42.9 Å². The number of rotatable bonds is 4. The first-order valence-corrected chi connectivity index (χ1v) is 8.69. The standard InChI is InChI=1S/C19H22ClN3O/c1-14-16(20)5-4-7-17(14)22-19(24)13-23-11-8-15(9-12-23)18-6-2-3-10-21-18/h2-7,10,15H,8-9,11-13H2,1H3,(H,22,24). The molecular weight excluding hydrogens is 322 g/mol. The first kappa shape index (κ1) is 16.9. The van der Waals surface area contributed by atoms with Crippen molar-refractivity contribution in [1.29, 1.82) is 0 Å². The number of benzene rings is 1. The van der Waals surface area contributed by atoms with Crippen LogP contribution in [0.4, 0.5) is 5.69 Å². The van der Waals surface area contributed by atoms with Crippen LogP contribution in [0.25, 0.3) is 0 Å². The highest BCUT2D eigenvalue weighted by Gasteiger charge is 2.22. The molecule has 1 aliphatic heterocycles. The zero-order chi connectivity index (χ0) is 16.9. The van der Waals surface area contributed by atoms with Gasteiger partial charge in [0.15, 0.2) is 0 Å². The largest absolute Gasteiger partial charge is 0.325 e. The third kappa shape index (κ3) is 4.13. The Bertz CT molecular complexity index is 697. The topological polar surface area (TPSA) is 45.2 Å². The van der Waals surface area contributed by atoms with Gasteiger partial charge in [0.25, 0.3) is 0 Å². The summed E-state index contributed by atoms with van der Waals surface area (Å²) in [5, 5.41) is 3.63. The average Bonchev–Trinajstić information content (AvgIpc) is 2.60. The van der Waals surface area contributed by atoms with Gasteiger partial charge in [-0.1, -0.05) is 23.7 Å². The van der Waals surface area contributed by atoms with Crippen molar-refractivity contribution in [2.24, 2.45) is 0 Å². The normalized spacial score (nSPS) is 16.1. The smallest absolute Gasteiger partial charge is 0.238 e. The maximum Gasteiger partial charge on any atom is 0.238 e. The Hall–Kier alpha value is -1.91. The maximum absolute atomic E-state index is 12.3. The molecule has 0 saturated carbocycles. The Morgan fingerprint density at radius 2 is 2.04 bits per heavy atom. The third-order valence-electron chi connectivity index (χ3n) is 4.60. The van der Waals surface area contributed by atoms with Gasteiger partial charge in [-0.2, -0.15) is 0 Å². The second kappa shape index (κ2) is 7.77. The second-order valence-corrected chi connectivity index (χ2v) is 6.67. The van der Waals surface area contributed by atoms with Gasteiger partial charge < -0.3 is 5.32 Å². The maximum atomic E-state index is 12.3. The Labute approximate surface area is 147 Å². The minimum atomic E-state index is 0.0108. The van der Waals surface area contributed by atoms with Crippen LogP contribution in [-0.2, 0) is 4.79 Å². The number of carbonyl (C=O) groups excluding carboxylic acids is 1. The monoisotopic (exact) mass is 343 g/mol. The number of hydrogen-bond acceptors (Lipinski definition) is 3. The minimum Gasteiger partial charge on any atom is -0.325 e. The number of carbonyl (C=O) groups is 1. The first-order valence-electron chi connectivity index (χ1n) is 8.32. The zero-order valence-corrected chi connectivity index (χ0v) is 14.6. The predicted molar refractivity (Wildman–Crippen MR) is 97.5 cm³/mol. The lowest BCUT2D eigenvalue weighted by atomic mass is 9.93. The molecule has 1 aromatic carbocycles. The molecule has 0 bridgehead atoms. The molecule has 1 amide bonds. The molecule has 24 heavy (non-hydrogen) atoms. The molecule has 0 unspecified atom stereocenters. The molecule has 4 nitrogen and oxygen atoms in total. The molecule has 0 radical (unpaired) electrons. The SMILES string of the molecule is Cc1c(Cl)cccc1NC(=O)CN1CCC(c2ccccn2)CC1. The summed E-state index contributed by atoms with van der Waals surface area (Å²) in [5.74, 6) is 0.511. The van der Waals surface area contributed by atoms with Gasteiger partial charge in [-0.05, 0) is 62.7 Å². The summed E-state index contributed by atoms with van der Waals surface area (Å²) in [6.45, 7) is 4.17. The lowest BCUT2D eigenvalue weighted by Crippen LogP contribution is -2.38. The molecule has 5 heteroatoms. The fourth-order valence-corrected chi connectivity index (χ4v) is 3.31. The van der Waals surface area contributed by atoms with Crippen LogP contribution in [0.15, 0.2) is 42.6 Å². The summed E-state index contributed by atoms with van der Waals surface area (Å²) >= 11 is 6.10. The first-order chi connectivity index (χ1) is 11.6. The molecule has 0 atom stereocenters. The molecule has 3 rings (SSSR count). The van der Waals surface area contributed by atoms with Crippen molar-refractivity contribution in [2.45, 2.75) is 25.7 Å². The highest BCUT2D eigenvalue weighted by Crippen LogP contribution is 2.26. The van der Waals surface area contributed by atoms with E-state index in [1.165, 1.54) is 0 Å². The van der Waals surface area contributed by atoms with Gasteiger partial charge in [0.1, 0.15) is 0 Å². The summed E-state index contributed by atoms with van der Waals surface area (Å²) in [4.78, 5) is 18.9. The predicted octanol–water partition coefficient (Wildman–Crippen LogP) is 3.86. The molecule has 1 aliphatic rings. The van der Waals surface area contributed by atoms with Crippen molar-refractivity contribution in [1.82, 2.24) is 9.88 Å². The highest BCUT2D eigenvalue weighted by molar-refractivity contribution is 6.31. The Morgan fingerprint density at radius 3 is 2.75 bits per heavy atom. The average molecular weight is 344 g/mol. The van der Waals surface area contributed by atoms with Gasteiger partial charge in [-0.25, -0.2) is 0 Å². The van der Waals surface area contributed by atoms with Gasteiger partial charge in [0, 0.05) is 28.5 Å². The molecule has 1 aromatic heterocycles. The van der Waals surface area contributed by atoms with Crippen LogP contribution in [-0.4, -0.2) is 35.4 Å². The number of aromatic nitrogens is 1. The van der Waals surface area contributed by atoms with Crippen molar-refractivity contribution in [3.8, 4) is 0 Å². The molecule has 2 heterocycles. The number of piperidine rings is 1. The quantitative estimate of drug-likeness (QED) is 0.916. The summed E-state index contributed by atoms with van der Waals surface area (Å²) < 4.78 is 0. The van der Waals surface area contributed by atoms with Gasteiger partial charge in [-0.3, -0.25) is 14.7 Å². The Morgan fingerprint density at radius 1 is 1.25 bits per heavy atom. The number of nitrogens with one attached hydrogen (secondary N) is 1. The van der Waals surface area contributed by atoms with Crippen molar-refractivity contribution >= 4 is 23.2 Å². The third-order valence-corrected chi connectivity index (χ3v) is 5.01. The van der Waals surface area contributed by atoms with Gasteiger partial charge in [0.05, 0.1) is 6.54 Å². The molecule has 1 N–H and O–H groups in total. The number of amides is 1. The van der Waals surface area contributed by atoms with E-state index < -0.39 is 0 Å². The summed E-state index contributed by atoms with van der Waals surface area (Å²) in [5.41, 5.74) is 2.86. The van der Waals surface area contributed by atoms with E-state index in [1.807, 2.05) is 43.5 Å². The van der Waals surface area contributed by atoms with E-state index in [-0.39, 0.29) is 5.91 Å². The van der Waals surface area contributed by atoms with Crippen molar-refractivity contribution < 1.29 is 4.79 Å². The molecule has 0 aliphatic carbocycles. The number of pyridine rings is 1. The fraction of sp³-hybridized carbons (Fsp3) is 0.368. The number of nitrogens with zero attached hydrogens (tertiary/aromatic N) is 2. The lowest BCUT2D eigenvalue weighted by molar-refractivity contribution is -0.117. The van der Waals surface area contributed by atoms with Crippen molar-refractivity contribution in [2.75, 3.05) is 25.0 Å². The summed E-state index contributed by atoms with van der Waals surface area (Å²) in [7, 11) is 0. The molecule has 1 saturated heterocycles. The lowest BCUT2D eigenvalue weighted by Gasteiger charge is -2.31. The zero-order valence-electron chi connectivity index (χ0n) is 13.8.